The Morgan fingerprint density at radius 1 is 1.23 bits per heavy atom. The topological polar surface area (TPSA) is 108 Å². The highest BCUT2D eigenvalue weighted by Crippen LogP contribution is 2.63. The van der Waals surface area contributed by atoms with E-state index >= 15 is 0 Å². The number of aliphatic hydroxyl groups is 1. The number of aliphatic hydroxyl groups excluding tert-OH is 1. The van der Waals surface area contributed by atoms with Crippen LogP contribution in [0, 0.1) is 17.8 Å². The SMILES string of the molecule is CCCNC(=O)[C@@H]1[C@H]2C(=O)N([C@@H](CO)CC(C)C)C(C(=O)NC(C)C)C23CC[C@@]1(C)O3. The molecule has 0 aliphatic carbocycles. The lowest BCUT2D eigenvalue weighted by Crippen LogP contribution is -2.59. The Balaban J connectivity index is 2.06. The molecule has 8 heteroatoms. The number of nitrogens with one attached hydrogen (secondary N) is 2. The van der Waals surface area contributed by atoms with Crippen LogP contribution in [-0.2, 0) is 19.1 Å². The van der Waals surface area contributed by atoms with Crippen molar-refractivity contribution in [1.82, 2.24) is 15.5 Å². The predicted octanol–water partition coefficient (Wildman–Crippen LogP) is 1.21. The normalized spacial score (nSPS) is 35.1. The van der Waals surface area contributed by atoms with Crippen LogP contribution >= 0.6 is 0 Å². The molecule has 0 aromatic rings. The average Bonchev–Trinajstić information content (AvgIpc) is 3.24. The number of nitrogens with zero attached hydrogens (tertiary/aromatic N) is 1. The molecule has 2 unspecified atom stereocenters. The summed E-state index contributed by atoms with van der Waals surface area (Å²) in [6, 6.07) is -1.45. The first kappa shape index (κ1) is 24.0. The largest absolute Gasteiger partial charge is 0.394 e. The Labute approximate surface area is 185 Å². The van der Waals surface area contributed by atoms with Gasteiger partial charge in [-0.05, 0) is 52.4 Å². The van der Waals surface area contributed by atoms with Gasteiger partial charge in [0.05, 0.1) is 30.1 Å². The third-order valence-corrected chi connectivity index (χ3v) is 7.07. The third kappa shape index (κ3) is 3.86. The minimum Gasteiger partial charge on any atom is -0.394 e. The molecule has 3 N–H and O–H groups in total. The highest BCUT2D eigenvalue weighted by Gasteiger charge is 2.78. The van der Waals surface area contributed by atoms with Crippen molar-refractivity contribution in [2.75, 3.05) is 13.2 Å². The first-order valence-electron chi connectivity index (χ1n) is 11.7. The van der Waals surface area contributed by atoms with E-state index in [4.69, 9.17) is 4.74 Å². The molecule has 3 aliphatic rings. The van der Waals surface area contributed by atoms with Crippen molar-refractivity contribution in [2.24, 2.45) is 17.8 Å². The van der Waals surface area contributed by atoms with E-state index in [9.17, 15) is 19.5 Å². The molecule has 3 amide bonds. The second-order valence-electron chi connectivity index (χ2n) is 10.4. The standard InChI is InChI=1S/C23H39N3O5/c1-7-10-24-19(28)16-17-21(30)26(15(12-27)11-13(2)3)18(20(29)25-14(4)5)23(17)9-8-22(16,6)31-23/h13-18,27H,7-12H2,1-6H3,(H,24,28)(H,25,29)/t15-,16+,17+,18?,22-,23?/m1/s1. The van der Waals surface area contributed by atoms with Crippen LogP contribution in [0.2, 0.25) is 0 Å². The van der Waals surface area contributed by atoms with Crippen molar-refractivity contribution in [3.8, 4) is 0 Å². The molecule has 176 valence electrons. The Hall–Kier alpha value is -1.67. The Morgan fingerprint density at radius 3 is 2.45 bits per heavy atom. The smallest absolute Gasteiger partial charge is 0.246 e. The molecule has 0 saturated carbocycles. The van der Waals surface area contributed by atoms with E-state index in [0.717, 1.165) is 6.42 Å². The van der Waals surface area contributed by atoms with Gasteiger partial charge in [0.2, 0.25) is 17.7 Å². The summed E-state index contributed by atoms with van der Waals surface area (Å²) in [5.74, 6) is -1.82. The Bertz CT molecular complexity index is 726. The number of likely N-dealkylation sites (tertiary alicyclic amines) is 1. The summed E-state index contributed by atoms with van der Waals surface area (Å²) >= 11 is 0. The highest BCUT2D eigenvalue weighted by molar-refractivity contribution is 5.99. The highest BCUT2D eigenvalue weighted by atomic mass is 16.5. The number of rotatable bonds is 9. The van der Waals surface area contributed by atoms with Crippen LogP contribution in [0.3, 0.4) is 0 Å². The van der Waals surface area contributed by atoms with Crippen molar-refractivity contribution in [1.29, 1.82) is 0 Å². The number of ether oxygens (including phenoxy) is 1. The van der Waals surface area contributed by atoms with E-state index in [1.807, 2.05) is 41.5 Å². The van der Waals surface area contributed by atoms with Crippen LogP contribution in [0.5, 0.6) is 0 Å². The molecule has 1 spiro atoms. The fourth-order valence-corrected chi connectivity index (χ4v) is 6.00. The van der Waals surface area contributed by atoms with Gasteiger partial charge in [0.1, 0.15) is 11.6 Å². The van der Waals surface area contributed by atoms with Gasteiger partial charge in [-0.25, -0.2) is 0 Å². The minimum atomic E-state index is -1.04. The van der Waals surface area contributed by atoms with Gasteiger partial charge in [-0.1, -0.05) is 20.8 Å². The van der Waals surface area contributed by atoms with E-state index in [0.29, 0.717) is 25.8 Å². The van der Waals surface area contributed by atoms with E-state index in [-0.39, 0.29) is 36.3 Å². The predicted molar refractivity (Wildman–Crippen MR) is 116 cm³/mol. The van der Waals surface area contributed by atoms with Crippen molar-refractivity contribution >= 4 is 17.7 Å². The van der Waals surface area contributed by atoms with Gasteiger partial charge in [-0.3, -0.25) is 14.4 Å². The zero-order chi connectivity index (χ0) is 23.1. The lowest BCUT2D eigenvalue weighted by atomic mass is 9.66. The summed E-state index contributed by atoms with van der Waals surface area (Å²) in [7, 11) is 0. The summed E-state index contributed by atoms with van der Waals surface area (Å²) in [4.78, 5) is 42.0. The monoisotopic (exact) mass is 437 g/mol. The molecule has 0 aromatic carbocycles. The van der Waals surface area contributed by atoms with Crippen molar-refractivity contribution in [3.05, 3.63) is 0 Å². The molecule has 3 rings (SSSR count). The van der Waals surface area contributed by atoms with E-state index in [1.54, 1.807) is 4.90 Å². The molecule has 3 fully saturated rings. The van der Waals surface area contributed by atoms with Gasteiger partial charge in [0.25, 0.3) is 0 Å². The van der Waals surface area contributed by atoms with Crippen LogP contribution in [0.4, 0.5) is 0 Å². The molecule has 3 heterocycles. The first-order valence-corrected chi connectivity index (χ1v) is 11.7. The van der Waals surface area contributed by atoms with Crippen LogP contribution in [0.15, 0.2) is 0 Å². The molecule has 8 nitrogen and oxygen atoms in total. The summed E-state index contributed by atoms with van der Waals surface area (Å²) in [6.07, 6.45) is 2.53. The molecule has 0 radical (unpaired) electrons. The molecular formula is C23H39N3O5. The average molecular weight is 438 g/mol. The lowest BCUT2D eigenvalue weighted by molar-refractivity contribution is -0.150. The van der Waals surface area contributed by atoms with Gasteiger partial charge in [0, 0.05) is 12.6 Å². The molecule has 6 atom stereocenters. The third-order valence-electron chi connectivity index (χ3n) is 7.07. The van der Waals surface area contributed by atoms with Gasteiger partial charge in [-0.2, -0.15) is 0 Å². The van der Waals surface area contributed by atoms with Gasteiger partial charge in [0.15, 0.2) is 0 Å². The van der Waals surface area contributed by atoms with Gasteiger partial charge >= 0.3 is 0 Å². The minimum absolute atomic E-state index is 0.101. The maximum absolute atomic E-state index is 13.9. The van der Waals surface area contributed by atoms with Crippen molar-refractivity contribution in [2.45, 2.75) is 96.6 Å². The molecule has 31 heavy (non-hydrogen) atoms. The van der Waals surface area contributed by atoms with Crippen molar-refractivity contribution in [3.63, 3.8) is 0 Å². The second-order valence-corrected chi connectivity index (χ2v) is 10.4. The fraction of sp³-hybridized carbons (Fsp3) is 0.870. The molecule has 3 saturated heterocycles. The maximum Gasteiger partial charge on any atom is 0.246 e. The maximum atomic E-state index is 13.9. The number of carbonyl (C=O) groups is 3. The summed E-state index contributed by atoms with van der Waals surface area (Å²) in [6.45, 7) is 12.0. The fourth-order valence-electron chi connectivity index (χ4n) is 6.00. The van der Waals surface area contributed by atoms with Crippen LogP contribution < -0.4 is 10.6 Å². The molecule has 2 bridgehead atoms. The van der Waals surface area contributed by atoms with E-state index in [1.165, 1.54) is 0 Å². The quantitative estimate of drug-likeness (QED) is 0.503. The number of hydrogen-bond acceptors (Lipinski definition) is 5. The number of hydrogen-bond donors (Lipinski definition) is 3. The van der Waals surface area contributed by atoms with Crippen LogP contribution in [0.25, 0.3) is 0 Å². The zero-order valence-corrected chi connectivity index (χ0v) is 19.7. The summed E-state index contributed by atoms with van der Waals surface area (Å²) in [5, 5.41) is 16.1. The zero-order valence-electron chi connectivity index (χ0n) is 19.7. The summed E-state index contributed by atoms with van der Waals surface area (Å²) in [5.41, 5.74) is -1.81. The van der Waals surface area contributed by atoms with Crippen molar-refractivity contribution < 1.29 is 24.2 Å². The second kappa shape index (κ2) is 8.70. The molecule has 3 aliphatic heterocycles. The van der Waals surface area contributed by atoms with Crippen LogP contribution in [0.1, 0.15) is 67.2 Å². The number of fused-ring (bicyclic) bond motifs is 1. The Kier molecular flexibility index (Phi) is 6.73. The Morgan fingerprint density at radius 2 is 1.90 bits per heavy atom. The van der Waals surface area contributed by atoms with Crippen LogP contribution in [-0.4, -0.2) is 70.2 Å². The lowest BCUT2D eigenvalue weighted by Gasteiger charge is -2.38. The number of amides is 3. The molecular weight excluding hydrogens is 398 g/mol. The van der Waals surface area contributed by atoms with E-state index < -0.39 is 35.1 Å². The van der Waals surface area contributed by atoms with Gasteiger partial charge < -0.3 is 25.4 Å². The van der Waals surface area contributed by atoms with E-state index in [2.05, 4.69) is 10.6 Å². The number of carbonyl (C=O) groups excluding carboxylic acids is 3. The molecule has 0 aromatic heterocycles. The summed E-state index contributed by atoms with van der Waals surface area (Å²) < 4.78 is 6.53. The van der Waals surface area contributed by atoms with Gasteiger partial charge in [-0.15, -0.1) is 0 Å². The first-order chi connectivity index (χ1) is 14.5.